The lowest BCUT2D eigenvalue weighted by Crippen LogP contribution is -2.68. The van der Waals surface area contributed by atoms with Crippen molar-refractivity contribution >= 4 is 5.97 Å². The molecule has 0 spiro atoms. The second-order valence-electron chi connectivity index (χ2n) is 19.6. The lowest BCUT2D eigenvalue weighted by Gasteiger charge is -2.70. The Balaban J connectivity index is 1.80. The van der Waals surface area contributed by atoms with Gasteiger partial charge in [0.2, 0.25) is 0 Å². The number of likely N-dealkylation sites (N-methyl/N-ethyl adjacent to an activating group) is 1. The van der Waals surface area contributed by atoms with E-state index in [0.717, 1.165) is 38.6 Å². The van der Waals surface area contributed by atoms with Crippen molar-refractivity contribution in [1.29, 1.82) is 0 Å². The monoisotopic (exact) mass is 660 g/mol. The predicted octanol–water partition coefficient (Wildman–Crippen LogP) is 8.76. The number of aliphatic hydroxyl groups excluding tert-OH is 1. The third-order valence-corrected chi connectivity index (χ3v) is 16.2. The molecule has 0 amide bonds. The Hall–Kier alpha value is -0.950. The van der Waals surface area contributed by atoms with Crippen molar-refractivity contribution in [2.75, 3.05) is 20.3 Å². The fraction of sp³-hybridized carbons (Fsp3) is 0.927. The van der Waals surface area contributed by atoms with Crippen LogP contribution in [0.3, 0.4) is 0 Å². The van der Waals surface area contributed by atoms with E-state index < -0.39 is 23.4 Å². The number of aliphatic carboxylic acids is 1. The number of rotatable bonds is 10. The quantitative estimate of drug-likeness (QED) is 0.203. The van der Waals surface area contributed by atoms with Crippen LogP contribution in [0, 0.1) is 62.1 Å². The minimum Gasteiger partial charge on any atom is -0.481 e. The van der Waals surface area contributed by atoms with Gasteiger partial charge in [0.05, 0.1) is 30.8 Å². The summed E-state index contributed by atoms with van der Waals surface area (Å²) in [6, 6.07) is 0. The van der Waals surface area contributed by atoms with Gasteiger partial charge in [-0.3, -0.25) is 4.79 Å². The molecule has 4 rings (SSSR count). The van der Waals surface area contributed by atoms with Gasteiger partial charge in [0, 0.05) is 18.1 Å². The van der Waals surface area contributed by atoms with Crippen LogP contribution in [0.2, 0.25) is 0 Å². The van der Waals surface area contributed by atoms with Gasteiger partial charge < -0.3 is 25.0 Å². The number of carbonyl (C=O) groups is 1. The number of allylic oxidation sites excluding steroid dienone is 1. The molecule has 0 aromatic carbocycles. The summed E-state index contributed by atoms with van der Waals surface area (Å²) in [6.45, 7) is 33.1. The highest BCUT2D eigenvalue weighted by Crippen LogP contribution is 2.74. The van der Waals surface area contributed by atoms with Crippen molar-refractivity contribution in [2.24, 2.45) is 62.1 Å². The number of hydrogen-bond acceptors (Lipinski definition) is 5. The van der Waals surface area contributed by atoms with E-state index in [9.17, 15) is 15.0 Å². The summed E-state index contributed by atoms with van der Waals surface area (Å²) in [5.74, 6) is 0.111. The molecule has 0 unspecified atom stereocenters. The van der Waals surface area contributed by atoms with E-state index >= 15 is 0 Å². The predicted molar refractivity (Wildman–Crippen MR) is 192 cm³/mol. The number of nitrogens with one attached hydrogen (secondary N) is 1. The maximum absolute atomic E-state index is 13.4. The Morgan fingerprint density at radius 2 is 1.64 bits per heavy atom. The summed E-state index contributed by atoms with van der Waals surface area (Å²) in [4.78, 5) is 13.4. The van der Waals surface area contributed by atoms with Crippen LogP contribution in [-0.4, -0.2) is 60.3 Å². The van der Waals surface area contributed by atoms with Gasteiger partial charge in [0.1, 0.15) is 0 Å². The van der Waals surface area contributed by atoms with Crippen molar-refractivity contribution in [1.82, 2.24) is 5.32 Å². The lowest BCUT2D eigenvalue weighted by atomic mass is 9.34. The fourth-order valence-corrected chi connectivity index (χ4v) is 12.2. The van der Waals surface area contributed by atoms with Crippen LogP contribution >= 0.6 is 0 Å². The van der Waals surface area contributed by atoms with Gasteiger partial charge in [-0.1, -0.05) is 94.7 Å². The fourth-order valence-electron chi connectivity index (χ4n) is 12.2. The van der Waals surface area contributed by atoms with E-state index in [2.05, 4.69) is 101 Å². The van der Waals surface area contributed by atoms with E-state index in [1.807, 2.05) is 14.0 Å². The number of carboxylic acid groups (broad SMARTS) is 1. The molecule has 47 heavy (non-hydrogen) atoms. The standard InChI is InChI=1S/C41H73NO5/c1-16-42-40(14,35(6,7)8)24-47-33-30(46-15)23-41(27(5)43)29-19-20-39(13)32(34(44)45)37(11,26(4)25(2)3)21-22-38(39,12)28(29)17-18-31(41)36(33,9)10/h19,25-28,30-33,42-43H,16-18,20-24H2,1-15H3,(H,44,45)/t26-,27+,28+,30-,31+,32-,33+,37-,38-,39+,40+,41+/m1/s1. The first-order chi connectivity index (χ1) is 21.5. The molecule has 6 heteroatoms. The molecule has 3 saturated carbocycles. The zero-order valence-electron chi connectivity index (χ0n) is 33.0. The molecule has 0 radical (unpaired) electrons. The van der Waals surface area contributed by atoms with Crippen molar-refractivity contribution in [2.45, 2.75) is 159 Å². The molecule has 0 aliphatic heterocycles. The Bertz CT molecular complexity index is 1190. The van der Waals surface area contributed by atoms with Crippen LogP contribution in [0.25, 0.3) is 0 Å². The summed E-state index contributed by atoms with van der Waals surface area (Å²) >= 11 is 0. The molecular formula is C41H73NO5. The molecule has 0 bridgehead atoms. The maximum Gasteiger partial charge on any atom is 0.307 e. The summed E-state index contributed by atoms with van der Waals surface area (Å²) in [6.07, 6.45) is 6.98. The molecule has 0 aromatic heterocycles. The van der Waals surface area contributed by atoms with Crippen molar-refractivity contribution in [3.63, 3.8) is 0 Å². The van der Waals surface area contributed by atoms with Crippen LogP contribution < -0.4 is 5.32 Å². The van der Waals surface area contributed by atoms with Crippen LogP contribution in [0.1, 0.15) is 135 Å². The van der Waals surface area contributed by atoms with Gasteiger partial charge in [-0.25, -0.2) is 0 Å². The number of fused-ring (bicyclic) bond motifs is 5. The van der Waals surface area contributed by atoms with Crippen molar-refractivity contribution in [3.8, 4) is 0 Å². The number of aliphatic hydroxyl groups is 1. The SMILES string of the molecule is CCN[C@@](C)(CO[C@H]1[C@H](OC)C[C@]2([C@H](C)O)C3=CC[C@@]4(C)[C@H](C(=O)O)[C@@](C)([C@H](C)C(C)C)CC[C@]4(C)[C@H]3CC[C@H]2C1(C)C)C(C)(C)C. The molecule has 3 fully saturated rings. The van der Waals surface area contributed by atoms with Crippen LogP contribution in [0.15, 0.2) is 11.6 Å². The van der Waals surface area contributed by atoms with Crippen LogP contribution in [0.4, 0.5) is 0 Å². The Morgan fingerprint density at radius 1 is 1.02 bits per heavy atom. The van der Waals surface area contributed by atoms with E-state index in [-0.39, 0.29) is 56.7 Å². The summed E-state index contributed by atoms with van der Waals surface area (Å²) in [5.41, 5.74) is -0.356. The third kappa shape index (κ3) is 5.60. The highest BCUT2D eigenvalue weighted by Gasteiger charge is 2.71. The first-order valence-corrected chi connectivity index (χ1v) is 19.0. The van der Waals surface area contributed by atoms with Crippen molar-refractivity contribution < 1.29 is 24.5 Å². The summed E-state index contributed by atoms with van der Waals surface area (Å²) < 4.78 is 13.4. The summed E-state index contributed by atoms with van der Waals surface area (Å²) in [5, 5.41) is 26.8. The molecule has 12 atom stereocenters. The molecule has 0 saturated heterocycles. The molecule has 0 heterocycles. The Morgan fingerprint density at radius 3 is 2.13 bits per heavy atom. The van der Waals surface area contributed by atoms with Gasteiger partial charge in [-0.05, 0) is 110 Å². The normalized spacial score (nSPS) is 42.7. The minimum absolute atomic E-state index is 0.00231. The largest absolute Gasteiger partial charge is 0.481 e. The van der Waals surface area contributed by atoms with E-state index in [1.165, 1.54) is 5.57 Å². The zero-order chi connectivity index (χ0) is 35.8. The highest BCUT2D eigenvalue weighted by atomic mass is 16.5. The Kier molecular flexibility index (Phi) is 10.5. The number of carboxylic acids is 1. The van der Waals surface area contributed by atoms with Gasteiger partial charge in [-0.15, -0.1) is 0 Å². The average molecular weight is 660 g/mol. The summed E-state index contributed by atoms with van der Waals surface area (Å²) in [7, 11) is 1.81. The molecule has 6 nitrogen and oxygen atoms in total. The maximum atomic E-state index is 13.4. The Labute approximate surface area is 288 Å². The van der Waals surface area contributed by atoms with Gasteiger partial charge in [-0.2, -0.15) is 0 Å². The molecule has 0 aromatic rings. The van der Waals surface area contributed by atoms with Crippen molar-refractivity contribution in [3.05, 3.63) is 11.6 Å². The molecule has 4 aliphatic rings. The van der Waals surface area contributed by atoms with Gasteiger partial charge in [0.15, 0.2) is 0 Å². The highest BCUT2D eigenvalue weighted by molar-refractivity contribution is 5.73. The molecule has 4 aliphatic carbocycles. The zero-order valence-corrected chi connectivity index (χ0v) is 33.0. The first kappa shape index (κ1) is 38.8. The number of ether oxygens (including phenoxy) is 2. The second-order valence-corrected chi connectivity index (χ2v) is 19.6. The van der Waals surface area contributed by atoms with Crippen LogP contribution in [-0.2, 0) is 14.3 Å². The van der Waals surface area contributed by atoms with E-state index in [4.69, 9.17) is 9.47 Å². The number of methoxy groups -OCH3 is 1. The van der Waals surface area contributed by atoms with E-state index in [0.29, 0.717) is 24.9 Å². The van der Waals surface area contributed by atoms with Gasteiger partial charge in [0.25, 0.3) is 0 Å². The molecule has 3 N–H and O–H groups in total. The third-order valence-electron chi connectivity index (χ3n) is 16.2. The van der Waals surface area contributed by atoms with E-state index in [1.54, 1.807) is 0 Å². The second kappa shape index (κ2) is 12.7. The van der Waals surface area contributed by atoms with Gasteiger partial charge >= 0.3 is 5.97 Å². The smallest absolute Gasteiger partial charge is 0.307 e. The number of hydrogen-bond donors (Lipinski definition) is 3. The average Bonchev–Trinajstić information content (AvgIpc) is 2.95. The van der Waals surface area contributed by atoms with Crippen LogP contribution in [0.5, 0.6) is 0 Å². The lowest BCUT2D eigenvalue weighted by molar-refractivity contribution is -0.234. The molecule has 272 valence electrons. The first-order valence-electron chi connectivity index (χ1n) is 19.0. The molecular weight excluding hydrogens is 586 g/mol. The topological polar surface area (TPSA) is 88.0 Å². The minimum atomic E-state index is -0.637.